The van der Waals surface area contributed by atoms with E-state index >= 15 is 0 Å². The van der Waals surface area contributed by atoms with Crippen molar-refractivity contribution < 1.29 is 4.74 Å². The fourth-order valence-electron chi connectivity index (χ4n) is 1.75. The van der Waals surface area contributed by atoms with Crippen LogP contribution in [-0.4, -0.2) is 27.7 Å². The number of nitrogens with two attached hydrogens (primary N) is 1. The molecule has 0 saturated carbocycles. The molecule has 0 aliphatic heterocycles. The second-order valence-corrected chi connectivity index (χ2v) is 4.83. The Labute approximate surface area is 104 Å². The number of aromatic nitrogens is 3. The molecule has 0 aliphatic rings. The minimum Gasteiger partial charge on any atom is -0.376 e. The molecule has 5 nitrogen and oxygen atoms in total. The largest absolute Gasteiger partial charge is 0.376 e. The van der Waals surface area contributed by atoms with Crippen molar-refractivity contribution in [1.82, 2.24) is 15.0 Å². The van der Waals surface area contributed by atoms with Crippen LogP contribution in [0.25, 0.3) is 0 Å². The number of halogens is 1. The van der Waals surface area contributed by atoms with Crippen molar-refractivity contribution in [2.45, 2.75) is 32.9 Å². The predicted octanol–water partition coefficient (Wildman–Crippen LogP) is 1.64. The Morgan fingerprint density at radius 3 is 2.50 bits per heavy atom. The molecule has 6 heteroatoms. The van der Waals surface area contributed by atoms with Gasteiger partial charge in [0.05, 0.1) is 17.8 Å². The summed E-state index contributed by atoms with van der Waals surface area (Å²) in [5.41, 5.74) is 7.08. The summed E-state index contributed by atoms with van der Waals surface area (Å²) < 4.78 is 8.06. The molecule has 1 aromatic heterocycles. The smallest absolute Gasteiger partial charge is 0.153 e. The first-order valence-corrected chi connectivity index (χ1v) is 6.20. The van der Waals surface area contributed by atoms with E-state index in [0.717, 1.165) is 5.69 Å². The summed E-state index contributed by atoms with van der Waals surface area (Å²) in [4.78, 5) is 0. The first-order chi connectivity index (χ1) is 7.49. The molecule has 1 aromatic rings. The van der Waals surface area contributed by atoms with Gasteiger partial charge in [-0.2, -0.15) is 0 Å². The summed E-state index contributed by atoms with van der Waals surface area (Å²) in [6.07, 6.45) is -0.0292. The van der Waals surface area contributed by atoms with Gasteiger partial charge in [0.15, 0.2) is 4.60 Å². The van der Waals surface area contributed by atoms with Gasteiger partial charge in [0, 0.05) is 13.7 Å². The molecule has 0 aromatic carbocycles. The van der Waals surface area contributed by atoms with E-state index in [-0.39, 0.29) is 12.1 Å². The molecule has 0 bridgehead atoms. The van der Waals surface area contributed by atoms with Crippen molar-refractivity contribution in [3.63, 3.8) is 0 Å². The monoisotopic (exact) mass is 290 g/mol. The van der Waals surface area contributed by atoms with Gasteiger partial charge in [-0.1, -0.05) is 19.1 Å². The molecular formula is C10H19BrN4O. The van der Waals surface area contributed by atoms with E-state index in [1.54, 1.807) is 4.68 Å². The summed E-state index contributed by atoms with van der Waals surface area (Å²) >= 11 is 3.36. The lowest BCUT2D eigenvalue weighted by Crippen LogP contribution is -2.35. The van der Waals surface area contributed by atoms with Crippen molar-refractivity contribution >= 4 is 15.9 Å². The van der Waals surface area contributed by atoms with E-state index in [9.17, 15) is 0 Å². The summed E-state index contributed by atoms with van der Waals surface area (Å²) in [7, 11) is 1.83. The molecular weight excluding hydrogens is 272 g/mol. The van der Waals surface area contributed by atoms with Crippen molar-refractivity contribution in [1.29, 1.82) is 0 Å². The van der Waals surface area contributed by atoms with Gasteiger partial charge in [0.2, 0.25) is 0 Å². The maximum atomic E-state index is 6.22. The van der Waals surface area contributed by atoms with Crippen LogP contribution in [-0.2, 0) is 11.8 Å². The highest BCUT2D eigenvalue weighted by molar-refractivity contribution is 9.10. The Balaban J connectivity index is 2.94. The number of rotatable bonds is 5. The van der Waals surface area contributed by atoms with Gasteiger partial charge < -0.3 is 10.5 Å². The van der Waals surface area contributed by atoms with Crippen LogP contribution in [0.5, 0.6) is 0 Å². The van der Waals surface area contributed by atoms with Gasteiger partial charge in [0.25, 0.3) is 0 Å². The summed E-state index contributed by atoms with van der Waals surface area (Å²) in [6, 6.07) is -0.227. The summed E-state index contributed by atoms with van der Waals surface area (Å²) in [5.74, 6) is 0.344. The number of aryl methyl sites for hydroxylation is 1. The highest BCUT2D eigenvalue weighted by atomic mass is 79.9. The van der Waals surface area contributed by atoms with Crippen LogP contribution in [0.1, 0.15) is 32.5 Å². The average molecular weight is 291 g/mol. The van der Waals surface area contributed by atoms with E-state index in [2.05, 4.69) is 40.1 Å². The standard InChI is InChI=1S/C10H19BrN4O/c1-5-16-9(6(2)3)7(12)8-10(11)13-14-15(8)4/h6-7,9H,5,12H2,1-4H3. The Morgan fingerprint density at radius 1 is 1.50 bits per heavy atom. The van der Waals surface area contributed by atoms with Crippen LogP contribution < -0.4 is 5.73 Å². The molecule has 16 heavy (non-hydrogen) atoms. The lowest BCUT2D eigenvalue weighted by atomic mass is 9.98. The van der Waals surface area contributed by atoms with E-state index < -0.39 is 0 Å². The number of nitrogens with zero attached hydrogens (tertiary/aromatic N) is 3. The van der Waals surface area contributed by atoms with E-state index in [4.69, 9.17) is 10.5 Å². The maximum absolute atomic E-state index is 6.22. The van der Waals surface area contributed by atoms with Crippen molar-refractivity contribution in [2.24, 2.45) is 18.7 Å². The molecule has 0 aliphatic carbocycles. The lowest BCUT2D eigenvalue weighted by Gasteiger charge is -2.27. The van der Waals surface area contributed by atoms with Gasteiger partial charge in [-0.3, -0.25) is 0 Å². The Bertz CT molecular complexity index is 320. The van der Waals surface area contributed by atoms with Gasteiger partial charge in [0.1, 0.15) is 0 Å². The van der Waals surface area contributed by atoms with Crippen LogP contribution in [0.3, 0.4) is 0 Å². The zero-order valence-corrected chi connectivity index (χ0v) is 11.7. The molecule has 0 fully saturated rings. The third-order valence-corrected chi connectivity index (χ3v) is 3.08. The molecule has 0 spiro atoms. The molecule has 2 N–H and O–H groups in total. The molecule has 2 atom stereocenters. The minimum absolute atomic E-state index is 0.0292. The molecule has 2 unspecified atom stereocenters. The SMILES string of the molecule is CCOC(C(C)C)C(N)c1c(Br)nnn1C. The average Bonchev–Trinajstić information content (AvgIpc) is 2.54. The van der Waals surface area contributed by atoms with Gasteiger partial charge in [-0.15, -0.1) is 5.10 Å². The third kappa shape index (κ3) is 2.81. The Morgan fingerprint density at radius 2 is 2.12 bits per heavy atom. The molecule has 1 heterocycles. The fraction of sp³-hybridized carbons (Fsp3) is 0.800. The Kier molecular flexibility index (Phi) is 4.89. The first-order valence-electron chi connectivity index (χ1n) is 5.41. The van der Waals surface area contributed by atoms with Crippen molar-refractivity contribution in [3.8, 4) is 0 Å². The van der Waals surface area contributed by atoms with Crippen LogP contribution in [0.2, 0.25) is 0 Å². The van der Waals surface area contributed by atoms with Crippen LogP contribution in [0, 0.1) is 5.92 Å². The topological polar surface area (TPSA) is 66.0 Å². The fourth-order valence-corrected chi connectivity index (χ4v) is 2.34. The van der Waals surface area contributed by atoms with Crippen molar-refractivity contribution in [3.05, 3.63) is 10.3 Å². The molecule has 1 rings (SSSR count). The highest BCUT2D eigenvalue weighted by Gasteiger charge is 2.28. The maximum Gasteiger partial charge on any atom is 0.153 e. The van der Waals surface area contributed by atoms with Crippen LogP contribution >= 0.6 is 15.9 Å². The minimum atomic E-state index is -0.227. The van der Waals surface area contributed by atoms with E-state index in [1.807, 2.05) is 14.0 Å². The Hall–Kier alpha value is -0.460. The summed E-state index contributed by atoms with van der Waals surface area (Å²) in [6.45, 7) is 6.81. The van der Waals surface area contributed by atoms with E-state index in [0.29, 0.717) is 17.1 Å². The van der Waals surface area contributed by atoms with Crippen LogP contribution in [0.4, 0.5) is 0 Å². The quantitative estimate of drug-likeness (QED) is 0.895. The molecule has 0 amide bonds. The van der Waals surface area contributed by atoms with E-state index in [1.165, 1.54) is 0 Å². The number of hydrogen-bond donors (Lipinski definition) is 1. The first kappa shape index (κ1) is 13.6. The summed E-state index contributed by atoms with van der Waals surface area (Å²) in [5, 5.41) is 7.86. The second kappa shape index (κ2) is 5.75. The van der Waals surface area contributed by atoms with Crippen LogP contribution in [0.15, 0.2) is 4.60 Å². The number of hydrogen-bond acceptors (Lipinski definition) is 4. The predicted molar refractivity (Wildman–Crippen MR) is 65.9 cm³/mol. The van der Waals surface area contributed by atoms with Gasteiger partial charge in [-0.05, 0) is 28.8 Å². The molecule has 92 valence electrons. The van der Waals surface area contributed by atoms with Gasteiger partial charge in [-0.25, -0.2) is 4.68 Å². The third-order valence-electron chi connectivity index (χ3n) is 2.51. The highest BCUT2D eigenvalue weighted by Crippen LogP contribution is 2.26. The van der Waals surface area contributed by atoms with Crippen molar-refractivity contribution in [2.75, 3.05) is 6.61 Å². The zero-order valence-electron chi connectivity index (χ0n) is 10.1. The normalized spacial score (nSPS) is 15.4. The zero-order chi connectivity index (χ0) is 12.3. The lowest BCUT2D eigenvalue weighted by molar-refractivity contribution is 0.0103. The number of ether oxygens (including phenoxy) is 1. The molecule has 0 saturated heterocycles. The molecule has 0 radical (unpaired) electrons. The van der Waals surface area contributed by atoms with Gasteiger partial charge >= 0.3 is 0 Å². The second-order valence-electron chi connectivity index (χ2n) is 4.08.